The number of rotatable bonds is 2. The van der Waals surface area contributed by atoms with Gasteiger partial charge in [-0.2, -0.15) is 4.31 Å². The van der Waals surface area contributed by atoms with E-state index in [2.05, 4.69) is 5.32 Å². The molecule has 1 spiro atoms. The van der Waals surface area contributed by atoms with E-state index in [-0.39, 0.29) is 21.1 Å². The van der Waals surface area contributed by atoms with Crippen LogP contribution in [0.3, 0.4) is 0 Å². The van der Waals surface area contributed by atoms with Crippen LogP contribution >= 0.6 is 11.6 Å². The first kappa shape index (κ1) is 16.8. The number of ether oxygens (including phenoxy) is 1. The van der Waals surface area contributed by atoms with Crippen LogP contribution in [-0.2, 0) is 14.8 Å². The van der Waals surface area contributed by atoms with Crippen molar-refractivity contribution in [3.05, 3.63) is 17.2 Å². The Morgan fingerprint density at radius 3 is 2.65 bits per heavy atom. The number of anilines is 1. The van der Waals surface area contributed by atoms with E-state index in [9.17, 15) is 13.5 Å². The van der Waals surface area contributed by atoms with Crippen molar-refractivity contribution in [3.8, 4) is 5.75 Å². The zero-order chi connectivity index (χ0) is 16.7. The van der Waals surface area contributed by atoms with Crippen LogP contribution in [0.25, 0.3) is 0 Å². The van der Waals surface area contributed by atoms with Gasteiger partial charge in [0, 0.05) is 25.2 Å². The molecule has 0 atom stereocenters. The van der Waals surface area contributed by atoms with Crippen molar-refractivity contribution >= 4 is 27.3 Å². The second-order valence-electron chi connectivity index (χ2n) is 5.98. The van der Waals surface area contributed by atoms with E-state index in [0.29, 0.717) is 39.1 Å². The molecule has 0 amide bonds. The highest BCUT2D eigenvalue weighted by atomic mass is 35.5. The molecule has 0 aliphatic carbocycles. The Kier molecular flexibility index (Phi) is 4.45. The minimum atomic E-state index is -3.90. The van der Waals surface area contributed by atoms with E-state index in [1.54, 1.807) is 0 Å². The smallest absolute Gasteiger partial charge is 0.248 e. The van der Waals surface area contributed by atoms with Gasteiger partial charge in [-0.05, 0) is 25.0 Å². The van der Waals surface area contributed by atoms with E-state index >= 15 is 0 Å². The minimum Gasteiger partial charge on any atom is -0.504 e. The van der Waals surface area contributed by atoms with Crippen molar-refractivity contribution in [1.82, 2.24) is 9.62 Å². The highest BCUT2D eigenvalue weighted by Gasteiger charge is 2.41. The van der Waals surface area contributed by atoms with Gasteiger partial charge in [0.1, 0.15) is 4.90 Å². The second-order valence-corrected chi connectivity index (χ2v) is 8.26. The molecule has 23 heavy (non-hydrogen) atoms. The Morgan fingerprint density at radius 1 is 1.35 bits per heavy atom. The molecule has 128 valence electrons. The van der Waals surface area contributed by atoms with E-state index in [1.807, 2.05) is 0 Å². The van der Waals surface area contributed by atoms with Gasteiger partial charge in [0.05, 0.1) is 23.9 Å². The number of benzene rings is 1. The first-order valence-corrected chi connectivity index (χ1v) is 9.27. The largest absolute Gasteiger partial charge is 0.504 e. The number of piperidine rings is 1. The zero-order valence-corrected chi connectivity index (χ0v) is 14.2. The molecule has 0 aromatic heterocycles. The topological polar surface area (TPSA) is 105 Å². The monoisotopic (exact) mass is 361 g/mol. The van der Waals surface area contributed by atoms with Crippen LogP contribution in [0.2, 0.25) is 5.02 Å². The quantitative estimate of drug-likeness (QED) is 0.531. The fraction of sp³-hybridized carbons (Fsp3) is 0.571. The fourth-order valence-electron chi connectivity index (χ4n) is 3.12. The summed E-state index contributed by atoms with van der Waals surface area (Å²) in [6.45, 7) is 2.71. The lowest BCUT2D eigenvalue weighted by Gasteiger charge is -2.44. The molecule has 3 rings (SSSR count). The molecule has 0 bridgehead atoms. The molecule has 1 aromatic carbocycles. The number of nitrogen functional groups attached to an aromatic ring is 1. The summed E-state index contributed by atoms with van der Waals surface area (Å²) < 4.78 is 32.5. The Morgan fingerprint density at radius 2 is 2.04 bits per heavy atom. The van der Waals surface area contributed by atoms with Gasteiger partial charge in [0.25, 0.3) is 0 Å². The Balaban J connectivity index is 1.84. The molecule has 0 radical (unpaired) electrons. The SMILES string of the molecule is Nc1ccc(Cl)c(S(=O)(=O)N2CCC3(CC2)COCCN3)c1O. The van der Waals surface area contributed by atoms with Crippen molar-refractivity contribution in [2.24, 2.45) is 0 Å². The third-order valence-electron chi connectivity index (χ3n) is 4.52. The Hall–Kier alpha value is -1.06. The van der Waals surface area contributed by atoms with Crippen LogP contribution in [0.4, 0.5) is 5.69 Å². The van der Waals surface area contributed by atoms with Crippen LogP contribution in [-0.4, -0.2) is 56.2 Å². The van der Waals surface area contributed by atoms with Crippen molar-refractivity contribution in [2.45, 2.75) is 23.3 Å². The Bertz CT molecular complexity index is 694. The summed E-state index contributed by atoms with van der Waals surface area (Å²) in [6.07, 6.45) is 1.29. The normalized spacial score (nSPS) is 22.3. The number of nitrogens with zero attached hydrogens (tertiary/aromatic N) is 1. The van der Waals surface area contributed by atoms with E-state index in [1.165, 1.54) is 16.4 Å². The van der Waals surface area contributed by atoms with Gasteiger partial charge in [-0.15, -0.1) is 0 Å². The highest BCUT2D eigenvalue weighted by Crippen LogP contribution is 2.38. The highest BCUT2D eigenvalue weighted by molar-refractivity contribution is 7.89. The number of phenolic OH excluding ortho intramolecular Hbond substituents is 1. The zero-order valence-electron chi connectivity index (χ0n) is 12.6. The predicted molar refractivity (Wildman–Crippen MR) is 87.1 cm³/mol. The van der Waals surface area contributed by atoms with Gasteiger partial charge in [-0.3, -0.25) is 0 Å². The molecule has 2 saturated heterocycles. The number of phenols is 1. The van der Waals surface area contributed by atoms with Crippen molar-refractivity contribution < 1.29 is 18.3 Å². The molecule has 4 N–H and O–H groups in total. The molecule has 7 nitrogen and oxygen atoms in total. The van der Waals surface area contributed by atoms with E-state index in [0.717, 1.165) is 6.54 Å². The van der Waals surface area contributed by atoms with Gasteiger partial charge >= 0.3 is 0 Å². The number of sulfonamides is 1. The van der Waals surface area contributed by atoms with Crippen LogP contribution < -0.4 is 11.1 Å². The van der Waals surface area contributed by atoms with Crippen molar-refractivity contribution in [1.29, 1.82) is 0 Å². The summed E-state index contributed by atoms with van der Waals surface area (Å²) in [6, 6.07) is 2.76. The lowest BCUT2D eigenvalue weighted by Crippen LogP contribution is -2.60. The summed E-state index contributed by atoms with van der Waals surface area (Å²) in [5.74, 6) is -0.489. The predicted octanol–water partition coefficient (Wildman–Crippen LogP) is 0.771. The van der Waals surface area contributed by atoms with Crippen LogP contribution in [0, 0.1) is 0 Å². The summed E-state index contributed by atoms with van der Waals surface area (Å²) in [7, 11) is -3.90. The summed E-state index contributed by atoms with van der Waals surface area (Å²) in [5, 5.41) is 13.4. The maximum absolute atomic E-state index is 12.8. The van der Waals surface area contributed by atoms with E-state index < -0.39 is 15.8 Å². The number of nitrogens with one attached hydrogen (secondary N) is 1. The molecule has 2 heterocycles. The summed E-state index contributed by atoms with van der Waals surface area (Å²) >= 11 is 5.99. The fourth-order valence-corrected chi connectivity index (χ4v) is 5.16. The lowest BCUT2D eigenvalue weighted by molar-refractivity contribution is 0.00456. The maximum Gasteiger partial charge on any atom is 0.248 e. The molecule has 2 aliphatic rings. The number of aromatic hydroxyl groups is 1. The standard InChI is InChI=1S/C14H20ClN3O4S/c15-10-1-2-11(16)12(19)13(10)23(20,21)18-6-3-14(4-7-18)9-22-8-5-17-14/h1-2,17,19H,3-9,16H2. The third-order valence-corrected chi connectivity index (χ3v) is 6.92. The number of halogens is 1. The molecule has 2 fully saturated rings. The minimum absolute atomic E-state index is 0.0104. The molecular formula is C14H20ClN3O4S. The first-order chi connectivity index (χ1) is 10.9. The number of morpholine rings is 1. The summed E-state index contributed by atoms with van der Waals surface area (Å²) in [4.78, 5) is -0.317. The number of hydrogen-bond acceptors (Lipinski definition) is 6. The van der Waals surface area contributed by atoms with Gasteiger partial charge in [-0.25, -0.2) is 8.42 Å². The number of nitrogens with two attached hydrogens (primary N) is 1. The average molecular weight is 362 g/mol. The molecule has 1 aromatic rings. The number of hydrogen-bond donors (Lipinski definition) is 3. The van der Waals surface area contributed by atoms with Crippen LogP contribution in [0.15, 0.2) is 17.0 Å². The molecule has 0 unspecified atom stereocenters. The van der Waals surface area contributed by atoms with Gasteiger partial charge in [0.15, 0.2) is 5.75 Å². The second kappa shape index (κ2) is 6.10. The van der Waals surface area contributed by atoms with Gasteiger partial charge < -0.3 is 20.9 Å². The third kappa shape index (κ3) is 3.01. The molecular weight excluding hydrogens is 342 g/mol. The average Bonchev–Trinajstić information content (AvgIpc) is 2.52. The molecule has 9 heteroatoms. The van der Waals surface area contributed by atoms with Gasteiger partial charge in [-0.1, -0.05) is 11.6 Å². The maximum atomic E-state index is 12.8. The Labute approximate surface area is 140 Å². The first-order valence-electron chi connectivity index (χ1n) is 7.46. The molecule has 0 saturated carbocycles. The van der Waals surface area contributed by atoms with Crippen LogP contribution in [0.1, 0.15) is 12.8 Å². The van der Waals surface area contributed by atoms with E-state index in [4.69, 9.17) is 22.1 Å². The van der Waals surface area contributed by atoms with Gasteiger partial charge in [0.2, 0.25) is 10.0 Å². The van der Waals surface area contributed by atoms with Crippen molar-refractivity contribution in [3.63, 3.8) is 0 Å². The summed E-state index contributed by atoms with van der Waals surface area (Å²) in [5.41, 5.74) is 5.44. The van der Waals surface area contributed by atoms with Crippen LogP contribution in [0.5, 0.6) is 5.75 Å². The lowest BCUT2D eigenvalue weighted by atomic mass is 9.88. The molecule has 2 aliphatic heterocycles. The van der Waals surface area contributed by atoms with Crippen molar-refractivity contribution in [2.75, 3.05) is 38.6 Å².